The largest absolute Gasteiger partial charge is 0.495 e. The van der Waals surface area contributed by atoms with E-state index in [1.807, 2.05) is 24.7 Å². The molecule has 2 aromatic heterocycles. The van der Waals surface area contributed by atoms with Gasteiger partial charge in [0, 0.05) is 42.5 Å². The van der Waals surface area contributed by atoms with Crippen molar-refractivity contribution in [2.45, 2.75) is 26.8 Å². The standard InChI is InChI=1S/C24H28N6O2/c1-15(2)30-14-26-21-16(3)11-17-13-25-24(28-22(17)23(21)30)27-18-5-6-19(20(12-18)31-4)29-7-9-32-10-8-29/h5-6,11-15H,7-10H2,1-4H3,(H,25,27,28). The molecule has 4 aromatic rings. The Bertz CT molecular complexity index is 1280. The van der Waals surface area contributed by atoms with E-state index in [4.69, 9.17) is 14.5 Å². The third-order valence-electron chi connectivity index (χ3n) is 5.92. The van der Waals surface area contributed by atoms with Crippen LogP contribution in [0.5, 0.6) is 5.75 Å². The number of nitrogens with one attached hydrogen (secondary N) is 1. The fraction of sp³-hybridized carbons (Fsp3) is 0.375. The van der Waals surface area contributed by atoms with Crippen LogP contribution in [0, 0.1) is 6.92 Å². The van der Waals surface area contributed by atoms with Crippen molar-refractivity contribution >= 4 is 39.3 Å². The van der Waals surface area contributed by atoms with Crippen molar-refractivity contribution in [2.75, 3.05) is 43.6 Å². The molecular formula is C24H28N6O2. The lowest BCUT2D eigenvalue weighted by Gasteiger charge is -2.30. The highest BCUT2D eigenvalue weighted by Gasteiger charge is 2.17. The lowest BCUT2D eigenvalue weighted by atomic mass is 10.1. The summed E-state index contributed by atoms with van der Waals surface area (Å²) in [5.74, 6) is 1.36. The minimum Gasteiger partial charge on any atom is -0.495 e. The molecule has 5 rings (SSSR count). The topological polar surface area (TPSA) is 77.3 Å². The number of ether oxygens (including phenoxy) is 2. The van der Waals surface area contributed by atoms with Crippen LogP contribution in [0.25, 0.3) is 21.9 Å². The Kier molecular flexibility index (Phi) is 5.30. The van der Waals surface area contributed by atoms with Crippen molar-refractivity contribution in [2.24, 2.45) is 0 Å². The Balaban J connectivity index is 1.52. The summed E-state index contributed by atoms with van der Waals surface area (Å²) in [4.78, 5) is 16.3. The number of hydrogen-bond acceptors (Lipinski definition) is 7. The molecule has 1 N–H and O–H groups in total. The van der Waals surface area contributed by atoms with E-state index < -0.39 is 0 Å². The molecule has 1 fully saturated rings. The number of hydrogen-bond donors (Lipinski definition) is 1. The molecule has 0 amide bonds. The first-order valence-corrected chi connectivity index (χ1v) is 11.0. The number of aryl methyl sites for hydroxylation is 1. The molecule has 0 unspecified atom stereocenters. The number of nitrogens with zero attached hydrogens (tertiary/aromatic N) is 5. The van der Waals surface area contributed by atoms with Crippen LogP contribution in [0.2, 0.25) is 0 Å². The Labute approximate surface area is 187 Å². The average molecular weight is 433 g/mol. The van der Waals surface area contributed by atoms with Crippen LogP contribution in [0.4, 0.5) is 17.3 Å². The van der Waals surface area contributed by atoms with Gasteiger partial charge >= 0.3 is 0 Å². The first kappa shape index (κ1) is 20.5. The lowest BCUT2D eigenvalue weighted by Crippen LogP contribution is -2.36. The van der Waals surface area contributed by atoms with Crippen molar-refractivity contribution in [1.82, 2.24) is 19.5 Å². The smallest absolute Gasteiger partial charge is 0.227 e. The van der Waals surface area contributed by atoms with Gasteiger partial charge in [0.2, 0.25) is 5.95 Å². The van der Waals surface area contributed by atoms with Crippen LogP contribution in [-0.4, -0.2) is 52.9 Å². The summed E-state index contributed by atoms with van der Waals surface area (Å²) in [5.41, 5.74) is 5.98. The van der Waals surface area contributed by atoms with Crippen LogP contribution in [0.3, 0.4) is 0 Å². The maximum atomic E-state index is 5.67. The molecule has 32 heavy (non-hydrogen) atoms. The molecule has 1 aliphatic rings. The third-order valence-corrected chi connectivity index (χ3v) is 5.92. The molecule has 0 radical (unpaired) electrons. The number of imidazole rings is 1. The summed E-state index contributed by atoms with van der Waals surface area (Å²) in [5, 5.41) is 4.35. The predicted octanol–water partition coefficient (Wildman–Crippen LogP) is 4.46. The molecule has 8 nitrogen and oxygen atoms in total. The molecule has 166 valence electrons. The van der Waals surface area contributed by atoms with Crippen molar-refractivity contribution in [3.63, 3.8) is 0 Å². The molecule has 0 atom stereocenters. The molecule has 8 heteroatoms. The van der Waals surface area contributed by atoms with Gasteiger partial charge in [-0.3, -0.25) is 0 Å². The monoisotopic (exact) mass is 432 g/mol. The van der Waals surface area contributed by atoms with Gasteiger partial charge in [-0.05, 0) is 44.5 Å². The van der Waals surface area contributed by atoms with E-state index in [1.54, 1.807) is 7.11 Å². The van der Waals surface area contributed by atoms with Crippen molar-refractivity contribution in [1.29, 1.82) is 0 Å². The minimum atomic E-state index is 0.286. The number of morpholine rings is 1. The van der Waals surface area contributed by atoms with Crippen LogP contribution < -0.4 is 15.0 Å². The average Bonchev–Trinajstić information content (AvgIpc) is 3.27. The van der Waals surface area contributed by atoms with Crippen molar-refractivity contribution in [3.05, 3.63) is 42.4 Å². The Morgan fingerprint density at radius 3 is 2.66 bits per heavy atom. The second-order valence-corrected chi connectivity index (χ2v) is 8.38. The van der Waals surface area contributed by atoms with Gasteiger partial charge in [0.25, 0.3) is 0 Å². The van der Waals surface area contributed by atoms with E-state index in [2.05, 4.69) is 57.7 Å². The van der Waals surface area contributed by atoms with E-state index >= 15 is 0 Å². The number of fused-ring (bicyclic) bond motifs is 3. The highest BCUT2D eigenvalue weighted by molar-refractivity contribution is 6.03. The zero-order valence-corrected chi connectivity index (χ0v) is 18.9. The summed E-state index contributed by atoms with van der Waals surface area (Å²) < 4.78 is 13.3. The summed E-state index contributed by atoms with van der Waals surface area (Å²) >= 11 is 0. The second kappa shape index (κ2) is 8.27. The van der Waals surface area contributed by atoms with E-state index in [-0.39, 0.29) is 6.04 Å². The molecule has 0 spiro atoms. The van der Waals surface area contributed by atoms with E-state index in [1.165, 1.54) is 0 Å². The van der Waals surface area contributed by atoms with Gasteiger partial charge in [-0.15, -0.1) is 0 Å². The molecule has 1 saturated heterocycles. The van der Waals surface area contributed by atoms with Crippen molar-refractivity contribution < 1.29 is 9.47 Å². The molecule has 1 aliphatic heterocycles. The van der Waals surface area contributed by atoms with Gasteiger partial charge in [-0.25, -0.2) is 15.0 Å². The Hall–Kier alpha value is -3.39. The highest BCUT2D eigenvalue weighted by Crippen LogP contribution is 2.33. The van der Waals surface area contributed by atoms with Gasteiger partial charge in [-0.1, -0.05) is 0 Å². The number of anilines is 3. The quantitative estimate of drug-likeness (QED) is 0.499. The maximum Gasteiger partial charge on any atom is 0.227 e. The SMILES string of the molecule is COc1cc(Nc2ncc3cc(C)c4ncn(C(C)C)c4c3n2)ccc1N1CCOCC1. The molecule has 2 aromatic carbocycles. The molecule has 3 heterocycles. The zero-order chi connectivity index (χ0) is 22.2. The fourth-order valence-corrected chi connectivity index (χ4v) is 4.27. The summed E-state index contributed by atoms with van der Waals surface area (Å²) in [6, 6.07) is 8.47. The Morgan fingerprint density at radius 2 is 1.91 bits per heavy atom. The van der Waals surface area contributed by atoms with Crippen LogP contribution in [0.1, 0.15) is 25.5 Å². The van der Waals surface area contributed by atoms with Crippen LogP contribution >= 0.6 is 0 Å². The van der Waals surface area contributed by atoms with Crippen molar-refractivity contribution in [3.8, 4) is 5.75 Å². The predicted molar refractivity (Wildman–Crippen MR) is 127 cm³/mol. The lowest BCUT2D eigenvalue weighted by molar-refractivity contribution is 0.122. The first-order chi connectivity index (χ1) is 15.5. The fourth-order valence-electron chi connectivity index (χ4n) is 4.27. The number of benzene rings is 2. The summed E-state index contributed by atoms with van der Waals surface area (Å²) in [7, 11) is 1.70. The van der Waals surface area contributed by atoms with Gasteiger partial charge in [0.1, 0.15) is 11.3 Å². The molecule has 0 bridgehead atoms. The van der Waals surface area contributed by atoms with Gasteiger partial charge in [0.05, 0.1) is 43.4 Å². The third kappa shape index (κ3) is 3.60. The first-order valence-electron chi connectivity index (χ1n) is 11.0. The van der Waals surface area contributed by atoms with Gasteiger partial charge in [0.15, 0.2) is 0 Å². The summed E-state index contributed by atoms with van der Waals surface area (Å²) in [6.07, 6.45) is 3.76. The summed E-state index contributed by atoms with van der Waals surface area (Å²) in [6.45, 7) is 9.56. The highest BCUT2D eigenvalue weighted by atomic mass is 16.5. The molecule has 0 aliphatic carbocycles. The van der Waals surface area contributed by atoms with Crippen LogP contribution in [-0.2, 0) is 4.74 Å². The van der Waals surface area contributed by atoms with Gasteiger partial charge in [-0.2, -0.15) is 0 Å². The van der Waals surface area contributed by atoms with Crippen LogP contribution in [0.15, 0.2) is 36.8 Å². The van der Waals surface area contributed by atoms with E-state index in [9.17, 15) is 0 Å². The molecule has 0 saturated carbocycles. The van der Waals surface area contributed by atoms with E-state index in [0.29, 0.717) is 5.95 Å². The minimum absolute atomic E-state index is 0.286. The second-order valence-electron chi connectivity index (χ2n) is 8.38. The van der Waals surface area contributed by atoms with E-state index in [0.717, 1.165) is 70.9 Å². The Morgan fingerprint density at radius 1 is 1.09 bits per heavy atom. The van der Waals surface area contributed by atoms with Gasteiger partial charge < -0.3 is 24.3 Å². The molecular weight excluding hydrogens is 404 g/mol. The number of aromatic nitrogens is 4. The number of rotatable bonds is 5. The zero-order valence-electron chi connectivity index (χ0n) is 18.9. The maximum absolute atomic E-state index is 5.67. The normalized spacial score (nSPS) is 14.5. The number of methoxy groups -OCH3 is 1.